The minimum absolute atomic E-state index is 0.507. The summed E-state index contributed by atoms with van der Waals surface area (Å²) in [4.78, 5) is 0. The van der Waals surface area contributed by atoms with Gasteiger partial charge in [-0.2, -0.15) is 4.57 Å². The van der Waals surface area contributed by atoms with Gasteiger partial charge in [0.1, 0.15) is 11.0 Å². The molecule has 2 nitrogen and oxygen atoms in total. The quantitative estimate of drug-likeness (QED) is 0.391. The summed E-state index contributed by atoms with van der Waals surface area (Å²) < 4.78 is 4.72. The molecule has 0 atom stereocenters. The summed E-state index contributed by atoms with van der Waals surface area (Å²) in [6, 6.07) is 13.5. The Morgan fingerprint density at radius 1 is 0.889 bits per heavy atom. The van der Waals surface area contributed by atoms with Gasteiger partial charge in [-0.15, -0.1) is 0 Å². The topological polar surface area (TPSA) is 8.81 Å². The zero-order chi connectivity index (χ0) is 19.5. The Labute approximate surface area is 162 Å². The van der Waals surface area contributed by atoms with E-state index in [2.05, 4.69) is 100 Å². The maximum Gasteiger partial charge on any atom is 0.286 e. The molecule has 0 aliphatic rings. The lowest BCUT2D eigenvalue weighted by Gasteiger charge is -2.14. The summed E-state index contributed by atoms with van der Waals surface area (Å²) in [5.74, 6) is 1.72. The molecule has 2 heterocycles. The number of aryl methyl sites for hydroxylation is 5. The zero-order valence-electron chi connectivity index (χ0n) is 17.5. The predicted molar refractivity (Wildman–Crippen MR) is 115 cm³/mol. The second-order valence-corrected chi connectivity index (χ2v) is 8.25. The van der Waals surface area contributed by atoms with Gasteiger partial charge in [0.15, 0.2) is 0 Å². The summed E-state index contributed by atoms with van der Waals surface area (Å²) in [6.45, 7) is 13.5. The fourth-order valence-electron chi connectivity index (χ4n) is 4.47. The van der Waals surface area contributed by atoms with Crippen molar-refractivity contribution < 1.29 is 4.57 Å². The van der Waals surface area contributed by atoms with E-state index in [9.17, 15) is 0 Å². The molecular weight excluding hydrogens is 328 g/mol. The number of pyridine rings is 1. The lowest BCUT2D eigenvalue weighted by atomic mass is 9.92. The Hall–Kier alpha value is -2.61. The van der Waals surface area contributed by atoms with E-state index in [1.165, 1.54) is 55.4 Å². The van der Waals surface area contributed by atoms with Gasteiger partial charge in [0, 0.05) is 22.4 Å². The van der Waals surface area contributed by atoms with Crippen molar-refractivity contribution in [1.82, 2.24) is 4.57 Å². The van der Waals surface area contributed by atoms with Crippen LogP contribution in [0.3, 0.4) is 0 Å². The number of benzene rings is 2. The lowest BCUT2D eigenvalue weighted by Crippen LogP contribution is -2.34. The van der Waals surface area contributed by atoms with Crippen LogP contribution in [0.25, 0.3) is 27.6 Å². The minimum atomic E-state index is 0.507. The van der Waals surface area contributed by atoms with Gasteiger partial charge in [0.05, 0.1) is 13.2 Å². The molecule has 27 heavy (non-hydrogen) atoms. The van der Waals surface area contributed by atoms with Crippen LogP contribution in [0.15, 0.2) is 42.6 Å². The molecule has 138 valence electrons. The first-order chi connectivity index (χ1) is 12.8. The van der Waals surface area contributed by atoms with Crippen molar-refractivity contribution >= 4 is 21.8 Å². The van der Waals surface area contributed by atoms with Crippen LogP contribution in [0.5, 0.6) is 0 Å². The first kappa shape index (κ1) is 17.8. The number of hydrogen-bond acceptors (Lipinski definition) is 0. The van der Waals surface area contributed by atoms with Gasteiger partial charge in [-0.05, 0) is 68.0 Å². The molecule has 0 saturated heterocycles. The van der Waals surface area contributed by atoms with Crippen LogP contribution >= 0.6 is 0 Å². The minimum Gasteiger partial charge on any atom is -0.236 e. The van der Waals surface area contributed by atoms with Crippen molar-refractivity contribution in [2.45, 2.75) is 47.5 Å². The highest BCUT2D eigenvalue weighted by atomic mass is 15.1. The van der Waals surface area contributed by atoms with Crippen LogP contribution in [0, 0.1) is 27.7 Å². The zero-order valence-corrected chi connectivity index (χ0v) is 17.5. The van der Waals surface area contributed by atoms with Crippen LogP contribution in [-0.2, 0) is 7.05 Å². The first-order valence-corrected chi connectivity index (χ1v) is 9.81. The monoisotopic (exact) mass is 357 g/mol. The molecule has 0 unspecified atom stereocenters. The molecule has 0 bridgehead atoms. The highest BCUT2D eigenvalue weighted by molar-refractivity contribution is 6.12. The smallest absolute Gasteiger partial charge is 0.236 e. The van der Waals surface area contributed by atoms with Crippen LogP contribution in [-0.4, -0.2) is 4.57 Å². The Bertz CT molecular complexity index is 1190. The summed E-state index contributed by atoms with van der Waals surface area (Å²) in [5, 5.41) is 2.72. The van der Waals surface area contributed by atoms with E-state index in [4.69, 9.17) is 0 Å². The van der Waals surface area contributed by atoms with E-state index in [0.717, 1.165) is 0 Å². The molecule has 0 amide bonds. The van der Waals surface area contributed by atoms with Crippen LogP contribution < -0.4 is 4.57 Å². The lowest BCUT2D eigenvalue weighted by molar-refractivity contribution is -0.665. The molecule has 0 aliphatic heterocycles. The van der Waals surface area contributed by atoms with E-state index >= 15 is 0 Å². The summed E-state index contributed by atoms with van der Waals surface area (Å²) >= 11 is 0. The van der Waals surface area contributed by atoms with E-state index in [0.29, 0.717) is 5.92 Å². The summed E-state index contributed by atoms with van der Waals surface area (Å²) in [7, 11) is 2.15. The first-order valence-electron chi connectivity index (χ1n) is 9.81. The maximum absolute atomic E-state index is 2.46. The summed E-state index contributed by atoms with van der Waals surface area (Å²) in [6.07, 6.45) is 2.24. The highest BCUT2D eigenvalue weighted by Crippen LogP contribution is 2.38. The fraction of sp³-hybridized carbons (Fsp3) is 0.320. The van der Waals surface area contributed by atoms with Gasteiger partial charge >= 0.3 is 0 Å². The van der Waals surface area contributed by atoms with Gasteiger partial charge in [0.2, 0.25) is 0 Å². The third-order valence-corrected chi connectivity index (χ3v) is 6.00. The number of aromatic nitrogens is 2. The van der Waals surface area contributed by atoms with Crippen molar-refractivity contribution in [2.75, 3.05) is 0 Å². The number of para-hydroxylation sites is 1. The second-order valence-electron chi connectivity index (χ2n) is 8.25. The molecular formula is C25H29N2+. The van der Waals surface area contributed by atoms with Crippen molar-refractivity contribution in [3.05, 3.63) is 70.4 Å². The molecule has 0 N–H and O–H groups in total. The molecule has 2 aromatic heterocycles. The van der Waals surface area contributed by atoms with E-state index in [-0.39, 0.29) is 0 Å². The van der Waals surface area contributed by atoms with Crippen LogP contribution in [0.2, 0.25) is 0 Å². The molecule has 2 aromatic carbocycles. The standard InChI is InChI=1S/C25H29N2/c1-15(2)21-12-17(4)24-20-10-8-9-11-22(20)27(25(24)19(21)6)23-13-16(3)18(5)14-26(23)7/h8-15H,1-7H3/q+1. The molecule has 2 heteroatoms. The van der Waals surface area contributed by atoms with E-state index in [1.54, 1.807) is 0 Å². The highest BCUT2D eigenvalue weighted by Gasteiger charge is 2.25. The third kappa shape index (κ3) is 2.58. The average molecular weight is 358 g/mol. The number of rotatable bonds is 2. The molecule has 4 aromatic rings. The van der Waals surface area contributed by atoms with Gasteiger partial charge in [-0.25, -0.2) is 4.57 Å². The Balaban J connectivity index is 2.27. The number of nitrogens with zero attached hydrogens (tertiary/aromatic N) is 2. The van der Waals surface area contributed by atoms with Crippen molar-refractivity contribution in [2.24, 2.45) is 7.05 Å². The molecule has 0 spiro atoms. The third-order valence-electron chi connectivity index (χ3n) is 6.00. The predicted octanol–water partition coefficient (Wildman–Crippen LogP) is 5.97. The normalized spacial score (nSPS) is 11.9. The molecule has 0 radical (unpaired) electrons. The Morgan fingerprint density at radius 2 is 1.59 bits per heavy atom. The van der Waals surface area contributed by atoms with Gasteiger partial charge < -0.3 is 0 Å². The summed E-state index contributed by atoms with van der Waals surface area (Å²) in [5.41, 5.74) is 9.45. The molecule has 0 saturated carbocycles. The fourth-order valence-corrected chi connectivity index (χ4v) is 4.47. The number of hydrogen-bond donors (Lipinski definition) is 0. The van der Waals surface area contributed by atoms with Crippen molar-refractivity contribution in [3.63, 3.8) is 0 Å². The van der Waals surface area contributed by atoms with Gasteiger partial charge in [-0.1, -0.05) is 32.0 Å². The van der Waals surface area contributed by atoms with E-state index in [1.807, 2.05) is 0 Å². The maximum atomic E-state index is 2.46. The van der Waals surface area contributed by atoms with Gasteiger partial charge in [-0.3, -0.25) is 0 Å². The second kappa shape index (κ2) is 6.23. The average Bonchev–Trinajstić information content (AvgIpc) is 2.97. The Kier molecular flexibility index (Phi) is 4.10. The van der Waals surface area contributed by atoms with Crippen molar-refractivity contribution in [3.8, 4) is 5.82 Å². The molecule has 0 aliphatic carbocycles. The number of fused-ring (bicyclic) bond motifs is 3. The van der Waals surface area contributed by atoms with Crippen molar-refractivity contribution in [1.29, 1.82) is 0 Å². The van der Waals surface area contributed by atoms with Crippen LogP contribution in [0.1, 0.15) is 47.6 Å². The Morgan fingerprint density at radius 3 is 2.30 bits per heavy atom. The molecule has 4 rings (SSSR count). The largest absolute Gasteiger partial charge is 0.286 e. The molecule has 0 fully saturated rings. The van der Waals surface area contributed by atoms with Gasteiger partial charge in [0.25, 0.3) is 5.82 Å². The van der Waals surface area contributed by atoms with Crippen LogP contribution in [0.4, 0.5) is 0 Å². The SMILES string of the molecule is Cc1cc(-n2c3ccccc3c3c(C)cc(C(C)C)c(C)c32)[n+](C)cc1C. The van der Waals surface area contributed by atoms with E-state index < -0.39 is 0 Å².